The second kappa shape index (κ2) is 3.82. The number of dihydropyridines is 1. The largest absolute Gasteiger partial charge is 0.317 e. The topological polar surface area (TPSA) is 15.6 Å². The van der Waals surface area contributed by atoms with E-state index in [-0.39, 0.29) is 0 Å². The first-order chi connectivity index (χ1) is 6.29. The molecule has 1 aliphatic heterocycles. The Bertz CT molecular complexity index is 289. The molecule has 1 unspecified atom stereocenters. The predicted molar refractivity (Wildman–Crippen MR) is 64.1 cm³/mol. The van der Waals surface area contributed by atoms with Crippen molar-refractivity contribution in [1.82, 2.24) is 3.11 Å². The number of aliphatic imine (C=N–C) groups is 1. The van der Waals surface area contributed by atoms with Gasteiger partial charge in [-0.2, -0.15) is 0 Å². The van der Waals surface area contributed by atoms with Crippen LogP contribution in [-0.2, 0) is 0 Å². The van der Waals surface area contributed by atoms with E-state index >= 15 is 0 Å². The molecule has 2 aliphatic rings. The number of hydrogen-bond donors (Lipinski definition) is 0. The molecule has 13 heavy (non-hydrogen) atoms. The summed E-state index contributed by atoms with van der Waals surface area (Å²) in [4.78, 5) is 4.48. The Labute approximate surface area is 92.9 Å². The molecule has 1 atom stereocenters. The Balaban J connectivity index is 2.31. The van der Waals surface area contributed by atoms with Crippen LogP contribution in [0.25, 0.3) is 0 Å². The lowest BCUT2D eigenvalue weighted by atomic mass is 9.91. The Morgan fingerprint density at radius 3 is 3.23 bits per heavy atom. The first-order valence-electron chi connectivity index (χ1n) is 4.62. The van der Waals surface area contributed by atoms with Gasteiger partial charge in [-0.25, -0.2) is 0 Å². The summed E-state index contributed by atoms with van der Waals surface area (Å²) in [5, 5.41) is 0. The molecule has 0 aromatic rings. The Morgan fingerprint density at radius 1 is 1.62 bits per heavy atom. The molecule has 0 aromatic carbocycles. The van der Waals surface area contributed by atoms with Crippen LogP contribution in [0.15, 0.2) is 28.4 Å². The minimum absolute atomic E-state index is 0.436. The lowest BCUT2D eigenvalue weighted by Crippen LogP contribution is -2.22. The highest BCUT2D eigenvalue weighted by Gasteiger charge is 2.22. The summed E-state index contributed by atoms with van der Waals surface area (Å²) in [5.41, 5.74) is 2.74. The highest BCUT2D eigenvalue weighted by molar-refractivity contribution is 14.1. The molecule has 0 N–H and O–H groups in total. The van der Waals surface area contributed by atoms with Crippen molar-refractivity contribution in [2.75, 3.05) is 7.05 Å². The smallest absolute Gasteiger partial charge is 0.0766 e. The zero-order valence-electron chi connectivity index (χ0n) is 7.70. The van der Waals surface area contributed by atoms with Gasteiger partial charge in [0.25, 0.3) is 0 Å². The van der Waals surface area contributed by atoms with Crippen molar-refractivity contribution in [2.24, 2.45) is 4.99 Å². The van der Waals surface area contributed by atoms with E-state index in [1.54, 1.807) is 0 Å². The first kappa shape index (κ1) is 9.24. The molecule has 1 heterocycles. The second-order valence-electron chi connectivity index (χ2n) is 3.43. The molecule has 0 fully saturated rings. The molecule has 0 bridgehead atoms. The van der Waals surface area contributed by atoms with Crippen molar-refractivity contribution in [2.45, 2.75) is 25.3 Å². The van der Waals surface area contributed by atoms with Crippen molar-refractivity contribution in [3.8, 4) is 0 Å². The summed E-state index contributed by atoms with van der Waals surface area (Å²) >= 11 is 2.31. The summed E-state index contributed by atoms with van der Waals surface area (Å²) < 4.78 is 2.15. The van der Waals surface area contributed by atoms with Crippen LogP contribution in [0.3, 0.4) is 0 Å². The van der Waals surface area contributed by atoms with E-state index in [1.807, 2.05) is 6.21 Å². The third-order valence-corrected chi connectivity index (χ3v) is 3.05. The molecule has 0 radical (unpaired) electrons. The van der Waals surface area contributed by atoms with Crippen LogP contribution in [0.4, 0.5) is 0 Å². The van der Waals surface area contributed by atoms with Gasteiger partial charge in [-0.15, -0.1) is 0 Å². The van der Waals surface area contributed by atoms with Crippen molar-refractivity contribution in [1.29, 1.82) is 0 Å². The molecule has 2 rings (SSSR count). The fourth-order valence-corrected chi connectivity index (χ4v) is 2.32. The monoisotopic (exact) mass is 288 g/mol. The van der Waals surface area contributed by atoms with E-state index in [9.17, 15) is 0 Å². The van der Waals surface area contributed by atoms with Gasteiger partial charge in [0, 0.05) is 13.3 Å². The van der Waals surface area contributed by atoms with Gasteiger partial charge < -0.3 is 3.11 Å². The van der Waals surface area contributed by atoms with Crippen LogP contribution < -0.4 is 0 Å². The van der Waals surface area contributed by atoms with E-state index in [0.29, 0.717) is 6.04 Å². The summed E-state index contributed by atoms with van der Waals surface area (Å²) in [6.07, 6.45) is 10.1. The molecular weight excluding hydrogens is 275 g/mol. The van der Waals surface area contributed by atoms with Crippen molar-refractivity contribution >= 4 is 29.1 Å². The minimum atomic E-state index is 0.436. The number of fused-ring (bicyclic) bond motifs is 1. The van der Waals surface area contributed by atoms with Crippen LogP contribution in [-0.4, -0.2) is 22.4 Å². The number of halogens is 1. The number of rotatable bonds is 1. The second-order valence-corrected chi connectivity index (χ2v) is 4.88. The molecule has 3 heteroatoms. The van der Waals surface area contributed by atoms with Gasteiger partial charge in [-0.3, -0.25) is 4.99 Å². The number of likely N-dealkylation sites (N-methyl/N-ethyl adjacent to an activating group) is 1. The van der Waals surface area contributed by atoms with Gasteiger partial charge in [0.2, 0.25) is 0 Å². The number of allylic oxidation sites excluding steroid dienone is 2. The van der Waals surface area contributed by atoms with Crippen molar-refractivity contribution in [3.63, 3.8) is 0 Å². The normalized spacial score (nSPS) is 26.2. The Kier molecular flexibility index (Phi) is 2.71. The molecule has 0 amide bonds. The van der Waals surface area contributed by atoms with Gasteiger partial charge in [-0.05, 0) is 30.9 Å². The number of nitrogens with zero attached hydrogens (tertiary/aromatic N) is 2. The zero-order valence-corrected chi connectivity index (χ0v) is 9.86. The van der Waals surface area contributed by atoms with Crippen LogP contribution in [0.5, 0.6) is 0 Å². The fraction of sp³-hybridized carbons (Fsp3) is 0.500. The summed E-state index contributed by atoms with van der Waals surface area (Å²) in [7, 11) is 2.08. The average molecular weight is 288 g/mol. The fourth-order valence-electron chi connectivity index (χ4n) is 1.88. The summed E-state index contributed by atoms with van der Waals surface area (Å²) in [6, 6.07) is 0.436. The molecule has 0 saturated carbocycles. The lowest BCUT2D eigenvalue weighted by molar-refractivity contribution is 0.595. The molecule has 70 valence electrons. The SMILES string of the molecule is CN(I)C1=CC=NC2CCCC=C12. The van der Waals surface area contributed by atoms with Gasteiger partial charge in [0.15, 0.2) is 0 Å². The van der Waals surface area contributed by atoms with Crippen LogP contribution in [0.1, 0.15) is 19.3 Å². The maximum Gasteiger partial charge on any atom is 0.0766 e. The highest BCUT2D eigenvalue weighted by atomic mass is 127. The lowest BCUT2D eigenvalue weighted by Gasteiger charge is -2.28. The van der Waals surface area contributed by atoms with Gasteiger partial charge in [0.1, 0.15) is 0 Å². The van der Waals surface area contributed by atoms with Crippen LogP contribution in [0.2, 0.25) is 0 Å². The molecule has 0 spiro atoms. The zero-order chi connectivity index (χ0) is 9.26. The molecule has 0 aromatic heterocycles. The van der Waals surface area contributed by atoms with Crippen molar-refractivity contribution < 1.29 is 0 Å². The maximum atomic E-state index is 4.48. The quantitative estimate of drug-likeness (QED) is 0.535. The Hall–Kier alpha value is -0.320. The molecule has 0 saturated heterocycles. The summed E-state index contributed by atoms with van der Waals surface area (Å²) in [6.45, 7) is 0. The number of hydrogen-bond acceptors (Lipinski definition) is 2. The standard InChI is InChI=1S/C10H13IN2/c1-13(11)10-6-7-12-9-5-3-2-4-8(9)10/h4,6-7,9H,2-3,5H2,1H3. The minimum Gasteiger partial charge on any atom is -0.317 e. The van der Waals surface area contributed by atoms with Crippen molar-refractivity contribution in [3.05, 3.63) is 23.4 Å². The predicted octanol–water partition coefficient (Wildman–Crippen LogP) is 2.72. The van der Waals surface area contributed by atoms with Gasteiger partial charge in [-0.1, -0.05) is 6.08 Å². The third kappa shape index (κ3) is 1.80. The van der Waals surface area contributed by atoms with Gasteiger partial charge in [0.05, 0.1) is 34.6 Å². The molecule has 2 nitrogen and oxygen atoms in total. The van der Waals surface area contributed by atoms with E-state index in [4.69, 9.17) is 0 Å². The van der Waals surface area contributed by atoms with Gasteiger partial charge >= 0.3 is 0 Å². The summed E-state index contributed by atoms with van der Waals surface area (Å²) in [5.74, 6) is 0. The maximum absolute atomic E-state index is 4.48. The molecule has 1 aliphatic carbocycles. The Morgan fingerprint density at radius 2 is 2.46 bits per heavy atom. The first-order valence-corrected chi connectivity index (χ1v) is 5.59. The average Bonchev–Trinajstić information content (AvgIpc) is 2.17. The molecular formula is C10H13IN2. The van der Waals surface area contributed by atoms with Crippen LogP contribution in [0, 0.1) is 0 Å². The van der Waals surface area contributed by atoms with E-state index in [1.165, 1.54) is 30.5 Å². The van der Waals surface area contributed by atoms with E-state index in [0.717, 1.165) is 0 Å². The van der Waals surface area contributed by atoms with E-state index < -0.39 is 0 Å². The highest BCUT2D eigenvalue weighted by Crippen LogP contribution is 2.31. The third-order valence-electron chi connectivity index (χ3n) is 2.53. The van der Waals surface area contributed by atoms with Crippen LogP contribution >= 0.6 is 22.9 Å². The van der Waals surface area contributed by atoms with E-state index in [2.05, 4.69) is 50.2 Å².